The van der Waals surface area contributed by atoms with Gasteiger partial charge in [0.05, 0.1) is 5.69 Å². The summed E-state index contributed by atoms with van der Waals surface area (Å²) in [6.45, 7) is 2.13. The molecular formula is C26H21F2N3. The van der Waals surface area contributed by atoms with E-state index in [1.165, 1.54) is 30.1 Å². The Kier molecular flexibility index (Phi) is 4.81. The van der Waals surface area contributed by atoms with Crippen molar-refractivity contribution in [3.63, 3.8) is 0 Å². The third kappa shape index (κ3) is 3.40. The molecular weight excluding hydrogens is 392 g/mol. The van der Waals surface area contributed by atoms with Crippen LogP contribution in [0, 0.1) is 11.9 Å². The van der Waals surface area contributed by atoms with Gasteiger partial charge in [-0.2, -0.15) is 8.78 Å². The van der Waals surface area contributed by atoms with Crippen LogP contribution in [0.2, 0.25) is 0 Å². The van der Waals surface area contributed by atoms with Crippen LogP contribution in [0.1, 0.15) is 34.7 Å². The zero-order chi connectivity index (χ0) is 21.4. The highest BCUT2D eigenvalue weighted by Gasteiger charge is 2.44. The molecule has 0 saturated heterocycles. The summed E-state index contributed by atoms with van der Waals surface area (Å²) in [7, 11) is 0. The topological polar surface area (TPSA) is 38.7 Å². The monoisotopic (exact) mass is 413 g/mol. The summed E-state index contributed by atoms with van der Waals surface area (Å²) < 4.78 is 27.9. The first kappa shape index (κ1) is 19.5. The van der Waals surface area contributed by atoms with E-state index in [0.717, 1.165) is 39.9 Å². The van der Waals surface area contributed by atoms with Gasteiger partial charge in [0.1, 0.15) is 0 Å². The van der Waals surface area contributed by atoms with Gasteiger partial charge >= 0.3 is 0 Å². The smallest absolute Gasteiger partial charge is 0.213 e. The molecule has 0 bridgehead atoms. The number of pyridine rings is 3. The average Bonchev–Trinajstić information content (AvgIpc) is 3.03. The van der Waals surface area contributed by atoms with Crippen molar-refractivity contribution in [2.75, 3.05) is 0 Å². The maximum absolute atomic E-state index is 14.0. The first-order chi connectivity index (χ1) is 15.1. The third-order valence-corrected chi connectivity index (χ3v) is 6.18. The lowest BCUT2D eigenvalue weighted by Gasteiger charge is -2.33. The maximum Gasteiger partial charge on any atom is 0.213 e. The van der Waals surface area contributed by atoms with Crippen LogP contribution in [-0.2, 0) is 24.7 Å². The summed E-state index contributed by atoms with van der Waals surface area (Å²) in [5, 5.41) is 0. The lowest BCUT2D eigenvalue weighted by molar-refractivity contribution is 0.508. The van der Waals surface area contributed by atoms with Crippen LogP contribution in [-0.4, -0.2) is 15.0 Å². The zero-order valence-electron chi connectivity index (χ0n) is 17.1. The fourth-order valence-electron chi connectivity index (χ4n) is 4.81. The first-order valence-corrected chi connectivity index (χ1v) is 10.4. The first-order valence-electron chi connectivity index (χ1n) is 10.4. The quantitative estimate of drug-likeness (QED) is 0.408. The van der Waals surface area contributed by atoms with Crippen molar-refractivity contribution >= 4 is 0 Å². The average molecular weight is 413 g/mol. The number of fused-ring (bicyclic) bond motifs is 3. The van der Waals surface area contributed by atoms with Gasteiger partial charge in [-0.15, -0.1) is 0 Å². The molecule has 0 amide bonds. The second kappa shape index (κ2) is 7.65. The highest BCUT2D eigenvalue weighted by atomic mass is 19.1. The zero-order valence-corrected chi connectivity index (χ0v) is 17.1. The SMILES string of the molecule is CCc1ccc2c(c1)C(Cc1ccnc(F)c1)(Cc1ccnc(F)c1)c1cccnc1-2. The Labute approximate surface area is 179 Å². The molecule has 3 heterocycles. The van der Waals surface area contributed by atoms with Crippen molar-refractivity contribution in [1.82, 2.24) is 15.0 Å². The van der Waals surface area contributed by atoms with Crippen LogP contribution in [0.3, 0.4) is 0 Å². The molecule has 31 heavy (non-hydrogen) atoms. The largest absolute Gasteiger partial charge is 0.256 e. The number of hydrogen-bond donors (Lipinski definition) is 0. The molecule has 0 fully saturated rings. The van der Waals surface area contributed by atoms with Gasteiger partial charge in [-0.25, -0.2) is 9.97 Å². The predicted octanol–water partition coefficient (Wildman–Crippen LogP) is 5.46. The molecule has 5 heteroatoms. The van der Waals surface area contributed by atoms with E-state index in [1.54, 1.807) is 6.20 Å². The van der Waals surface area contributed by atoms with Gasteiger partial charge < -0.3 is 0 Å². The molecule has 0 unspecified atom stereocenters. The standard InChI is InChI=1S/C26H21F2N3/c1-2-17-5-6-20-22(12-17)26(21-4-3-9-31-25(20)21,15-18-7-10-29-23(27)13-18)16-19-8-11-30-24(28)14-19/h3-14H,2,15-16H2,1H3. The van der Waals surface area contributed by atoms with Crippen molar-refractivity contribution in [1.29, 1.82) is 0 Å². The normalized spacial score (nSPS) is 13.6. The summed E-state index contributed by atoms with van der Waals surface area (Å²) in [6.07, 6.45) is 6.79. The van der Waals surface area contributed by atoms with Gasteiger partial charge in [-0.1, -0.05) is 31.2 Å². The second-order valence-corrected chi connectivity index (χ2v) is 8.04. The molecule has 1 aliphatic carbocycles. The van der Waals surface area contributed by atoms with Crippen molar-refractivity contribution in [3.8, 4) is 11.3 Å². The third-order valence-electron chi connectivity index (χ3n) is 6.18. The van der Waals surface area contributed by atoms with Crippen LogP contribution in [0.15, 0.2) is 73.2 Å². The number of rotatable bonds is 5. The Morgan fingerprint density at radius 1 is 0.710 bits per heavy atom. The molecule has 0 radical (unpaired) electrons. The van der Waals surface area contributed by atoms with Crippen LogP contribution < -0.4 is 0 Å². The molecule has 0 spiro atoms. The van der Waals surface area contributed by atoms with Crippen LogP contribution in [0.25, 0.3) is 11.3 Å². The van der Waals surface area contributed by atoms with Crippen LogP contribution in [0.4, 0.5) is 8.78 Å². The lowest BCUT2D eigenvalue weighted by atomic mass is 9.69. The van der Waals surface area contributed by atoms with Crippen molar-refractivity contribution < 1.29 is 8.78 Å². The molecule has 4 aromatic rings. The molecule has 3 nitrogen and oxygen atoms in total. The molecule has 0 saturated carbocycles. The Morgan fingerprint density at radius 2 is 1.39 bits per heavy atom. The molecule has 0 N–H and O–H groups in total. The van der Waals surface area contributed by atoms with E-state index in [2.05, 4.69) is 41.2 Å². The lowest BCUT2D eigenvalue weighted by Crippen LogP contribution is -2.31. The Bertz CT molecular complexity index is 1220. The van der Waals surface area contributed by atoms with Gasteiger partial charge in [0, 0.05) is 29.6 Å². The summed E-state index contributed by atoms with van der Waals surface area (Å²) in [6, 6.07) is 17.1. The van der Waals surface area contributed by atoms with Crippen LogP contribution in [0.5, 0.6) is 0 Å². The van der Waals surface area contributed by atoms with Gasteiger partial charge in [0.15, 0.2) is 0 Å². The number of aromatic nitrogens is 3. The van der Waals surface area contributed by atoms with Crippen molar-refractivity contribution in [2.45, 2.75) is 31.6 Å². The van der Waals surface area contributed by atoms with E-state index in [9.17, 15) is 8.78 Å². The second-order valence-electron chi connectivity index (χ2n) is 8.04. The van der Waals surface area contributed by atoms with E-state index in [-0.39, 0.29) is 0 Å². The van der Waals surface area contributed by atoms with E-state index >= 15 is 0 Å². The van der Waals surface area contributed by atoms with Crippen molar-refractivity contribution in [2.24, 2.45) is 0 Å². The summed E-state index contributed by atoms with van der Waals surface area (Å²) in [4.78, 5) is 12.1. The predicted molar refractivity (Wildman–Crippen MR) is 116 cm³/mol. The minimum Gasteiger partial charge on any atom is -0.256 e. The Hall–Kier alpha value is -3.47. The highest BCUT2D eigenvalue weighted by Crippen LogP contribution is 2.51. The number of hydrogen-bond acceptors (Lipinski definition) is 3. The van der Waals surface area contributed by atoms with Gasteiger partial charge in [-0.3, -0.25) is 4.98 Å². The minimum atomic E-state index is -0.508. The molecule has 3 aromatic heterocycles. The fraction of sp³-hybridized carbons (Fsp3) is 0.192. The fourth-order valence-corrected chi connectivity index (χ4v) is 4.81. The van der Waals surface area contributed by atoms with Crippen molar-refractivity contribution in [3.05, 3.63) is 113 Å². The molecule has 154 valence electrons. The summed E-state index contributed by atoms with van der Waals surface area (Å²) in [5.74, 6) is -1.01. The summed E-state index contributed by atoms with van der Waals surface area (Å²) in [5.41, 5.74) is 6.63. The number of benzene rings is 1. The molecule has 0 atom stereocenters. The van der Waals surface area contributed by atoms with Gasteiger partial charge in [0.2, 0.25) is 11.9 Å². The van der Waals surface area contributed by atoms with E-state index in [1.807, 2.05) is 18.2 Å². The maximum atomic E-state index is 14.0. The molecule has 0 aliphatic heterocycles. The molecule has 5 rings (SSSR count). The Balaban J connectivity index is 1.76. The summed E-state index contributed by atoms with van der Waals surface area (Å²) >= 11 is 0. The highest BCUT2D eigenvalue weighted by molar-refractivity contribution is 5.79. The number of halogens is 2. The number of aryl methyl sites for hydroxylation is 1. The Morgan fingerprint density at radius 3 is 2.00 bits per heavy atom. The number of nitrogens with zero attached hydrogens (tertiary/aromatic N) is 3. The van der Waals surface area contributed by atoms with Gasteiger partial charge in [-0.05, 0) is 77.4 Å². The van der Waals surface area contributed by atoms with Gasteiger partial charge in [0.25, 0.3) is 0 Å². The molecule has 1 aromatic carbocycles. The van der Waals surface area contributed by atoms with E-state index in [0.29, 0.717) is 12.8 Å². The van der Waals surface area contributed by atoms with Crippen LogP contribution >= 0.6 is 0 Å². The van der Waals surface area contributed by atoms with E-state index < -0.39 is 17.3 Å². The molecule has 1 aliphatic rings. The van der Waals surface area contributed by atoms with E-state index in [4.69, 9.17) is 4.98 Å². The minimum absolute atomic E-state index is 0.505.